The molecule has 1 unspecified atom stereocenters. The number of fused-ring (bicyclic) bond motifs is 1. The van der Waals surface area contributed by atoms with Crippen molar-refractivity contribution >= 4 is 34.7 Å². The molecule has 0 bridgehead atoms. The summed E-state index contributed by atoms with van der Waals surface area (Å²) in [6.45, 7) is 6.42. The molecule has 0 saturated carbocycles. The minimum absolute atomic E-state index is 0.0376. The van der Waals surface area contributed by atoms with Crippen LogP contribution in [0, 0.1) is 23.0 Å². The Morgan fingerprint density at radius 2 is 1.93 bits per heavy atom. The van der Waals surface area contributed by atoms with Gasteiger partial charge >= 0.3 is 0 Å². The van der Waals surface area contributed by atoms with E-state index in [9.17, 15) is 9.18 Å². The van der Waals surface area contributed by atoms with Gasteiger partial charge < -0.3 is 19.9 Å². The number of aromatic nitrogens is 3. The van der Waals surface area contributed by atoms with Crippen LogP contribution in [-0.2, 0) is 0 Å². The highest BCUT2D eigenvalue weighted by atomic mass is 35.5. The predicted octanol–water partition coefficient (Wildman–Crippen LogP) is 5.07. The number of benzene rings is 2. The minimum atomic E-state index is -1.20. The summed E-state index contributed by atoms with van der Waals surface area (Å²) in [6.07, 6.45) is 4.64. The summed E-state index contributed by atoms with van der Waals surface area (Å²) in [5, 5.41) is 12.4. The maximum atomic E-state index is 15.1. The van der Waals surface area contributed by atoms with Crippen molar-refractivity contribution < 1.29 is 18.3 Å². The lowest BCUT2D eigenvalue weighted by atomic mass is 10.1. The van der Waals surface area contributed by atoms with Crippen molar-refractivity contribution in [3.63, 3.8) is 0 Å². The van der Waals surface area contributed by atoms with Crippen molar-refractivity contribution in [3.8, 4) is 23.1 Å². The third kappa shape index (κ3) is 6.75. The molecule has 2 aromatic heterocycles. The monoisotopic (exact) mass is 622 g/mol. The van der Waals surface area contributed by atoms with E-state index in [1.54, 1.807) is 28.8 Å². The highest BCUT2D eigenvalue weighted by molar-refractivity contribution is 6.34. The number of nitrogens with one attached hydrogen (secondary N) is 1. The molecule has 1 aliphatic heterocycles. The quantitative estimate of drug-likeness (QED) is 0.262. The van der Waals surface area contributed by atoms with Gasteiger partial charge in [-0.2, -0.15) is 9.65 Å². The Labute approximate surface area is 259 Å². The Morgan fingerprint density at radius 3 is 2.64 bits per heavy atom. The van der Waals surface area contributed by atoms with E-state index in [0.717, 1.165) is 32.6 Å². The fourth-order valence-corrected chi connectivity index (χ4v) is 5.36. The smallest absolute Gasteiger partial charge is 0.255 e. The van der Waals surface area contributed by atoms with E-state index in [1.807, 2.05) is 11.0 Å². The molecule has 1 aliphatic rings. The fourth-order valence-electron chi connectivity index (χ4n) is 5.10. The third-order valence-electron chi connectivity index (χ3n) is 7.44. The van der Waals surface area contributed by atoms with Crippen LogP contribution in [0.5, 0.6) is 5.75 Å². The van der Waals surface area contributed by atoms with Crippen molar-refractivity contribution in [1.29, 1.82) is 5.26 Å². The summed E-state index contributed by atoms with van der Waals surface area (Å²) in [6, 6.07) is 9.54. The number of piperazine rings is 1. The third-order valence-corrected chi connectivity index (χ3v) is 7.75. The van der Waals surface area contributed by atoms with E-state index >= 15 is 4.39 Å². The Morgan fingerprint density at radius 1 is 1.16 bits per heavy atom. The number of ether oxygens (including phenoxy) is 1. The molecule has 1 saturated heterocycles. The minimum Gasteiger partial charge on any atom is -0.473 e. The van der Waals surface area contributed by atoms with Crippen LogP contribution in [0.4, 0.5) is 20.3 Å². The van der Waals surface area contributed by atoms with E-state index in [0.29, 0.717) is 46.5 Å². The number of hydrogen-bond donors (Lipinski definition) is 1. The molecular weight excluding hydrogens is 590 g/mol. The van der Waals surface area contributed by atoms with E-state index in [-0.39, 0.29) is 17.2 Å². The first-order chi connectivity index (χ1) is 21.2. The number of nitrogens with zero attached hydrogens (tertiary/aromatic N) is 7. The number of amides is 1. The Kier molecular flexibility index (Phi) is 9.58. The van der Waals surface area contributed by atoms with Crippen LogP contribution in [0.25, 0.3) is 16.9 Å². The molecule has 2 aromatic carbocycles. The van der Waals surface area contributed by atoms with Gasteiger partial charge in [0.05, 0.1) is 22.5 Å². The van der Waals surface area contributed by atoms with Gasteiger partial charge in [-0.3, -0.25) is 14.1 Å². The Bertz CT molecular complexity index is 1700. The number of carbonyl (C=O) groups is 1. The molecule has 1 amide bonds. The van der Waals surface area contributed by atoms with E-state index in [4.69, 9.17) is 21.6 Å². The highest BCUT2D eigenvalue weighted by Crippen LogP contribution is 2.32. The van der Waals surface area contributed by atoms with Crippen molar-refractivity contribution in [2.75, 3.05) is 58.7 Å². The molecule has 1 fully saturated rings. The molecule has 0 spiro atoms. The standard InChI is InChI=1S/C31H33ClF2N8O2/c1-20(18-35)44-26-8-7-23(27(33)28(26)34)25-19-37-30-29(36-9-12-42(25)30)38-21-5-6-22(24(32)17-21)31(43)41-15-13-40(14-16-41)11-4-10-39(2)3/h5-9,12,17,19-20H,4,10-11,13-16H2,1-3H3,(H,36,38). The lowest BCUT2D eigenvalue weighted by Crippen LogP contribution is -2.49. The van der Waals surface area contributed by atoms with E-state index in [1.165, 1.54) is 31.5 Å². The molecule has 1 atom stereocenters. The first-order valence-electron chi connectivity index (χ1n) is 14.3. The molecule has 13 heteroatoms. The molecule has 3 heterocycles. The van der Waals surface area contributed by atoms with Crippen LogP contribution < -0.4 is 10.1 Å². The first kappa shape index (κ1) is 31.1. The number of halogens is 3. The van der Waals surface area contributed by atoms with Crippen LogP contribution in [-0.4, -0.2) is 94.4 Å². The first-order valence-corrected chi connectivity index (χ1v) is 14.6. The van der Waals surface area contributed by atoms with E-state index in [2.05, 4.69) is 39.2 Å². The van der Waals surface area contributed by atoms with Gasteiger partial charge in [-0.1, -0.05) is 11.6 Å². The second kappa shape index (κ2) is 13.5. The largest absolute Gasteiger partial charge is 0.473 e. The second-order valence-electron chi connectivity index (χ2n) is 10.9. The zero-order valence-corrected chi connectivity index (χ0v) is 25.5. The normalized spacial score (nSPS) is 14.5. The maximum absolute atomic E-state index is 15.1. The zero-order chi connectivity index (χ0) is 31.4. The average Bonchev–Trinajstić information content (AvgIpc) is 3.44. The van der Waals surface area contributed by atoms with Crippen molar-refractivity contribution in [1.82, 2.24) is 29.1 Å². The molecule has 0 aliphatic carbocycles. The van der Waals surface area contributed by atoms with E-state index < -0.39 is 17.7 Å². The SMILES string of the molecule is CC(C#N)Oc1ccc(-c2cnc3c(Nc4ccc(C(=O)N5CCN(CCCN(C)C)CC5)c(Cl)c4)nccn23)c(F)c1F. The average molecular weight is 623 g/mol. The summed E-state index contributed by atoms with van der Waals surface area (Å²) in [5.41, 5.74) is 1.61. The van der Waals surface area contributed by atoms with Crippen LogP contribution >= 0.6 is 11.6 Å². The molecule has 44 heavy (non-hydrogen) atoms. The lowest BCUT2D eigenvalue weighted by molar-refractivity contribution is 0.0634. The lowest BCUT2D eigenvalue weighted by Gasteiger charge is -2.35. The van der Waals surface area contributed by atoms with Crippen LogP contribution in [0.2, 0.25) is 5.02 Å². The summed E-state index contributed by atoms with van der Waals surface area (Å²) in [5.74, 6) is -2.44. The number of rotatable bonds is 10. The Balaban J connectivity index is 1.29. The molecule has 4 aromatic rings. The number of imidazole rings is 1. The molecule has 5 rings (SSSR count). The van der Waals surface area contributed by atoms with Gasteiger partial charge in [-0.25, -0.2) is 14.4 Å². The van der Waals surface area contributed by atoms with Gasteiger partial charge in [-0.15, -0.1) is 0 Å². The van der Waals surface area contributed by atoms with Crippen molar-refractivity contribution in [2.24, 2.45) is 0 Å². The summed E-state index contributed by atoms with van der Waals surface area (Å²) in [7, 11) is 4.13. The second-order valence-corrected chi connectivity index (χ2v) is 11.3. The van der Waals surface area contributed by atoms with Gasteiger partial charge in [0.15, 0.2) is 29.1 Å². The number of anilines is 2. The van der Waals surface area contributed by atoms with Gasteiger partial charge in [0.2, 0.25) is 5.82 Å². The number of hydrogen-bond acceptors (Lipinski definition) is 8. The highest BCUT2D eigenvalue weighted by Gasteiger charge is 2.24. The summed E-state index contributed by atoms with van der Waals surface area (Å²) < 4.78 is 36.5. The number of nitriles is 1. The molecule has 1 N–H and O–H groups in total. The topological polar surface area (TPSA) is 102 Å². The summed E-state index contributed by atoms with van der Waals surface area (Å²) >= 11 is 6.58. The van der Waals surface area contributed by atoms with Gasteiger partial charge in [0, 0.05) is 49.8 Å². The molecular formula is C31H33ClF2N8O2. The molecule has 10 nitrogen and oxygen atoms in total. The molecule has 0 radical (unpaired) electrons. The Hall–Kier alpha value is -4.31. The van der Waals surface area contributed by atoms with Gasteiger partial charge in [-0.05, 0) is 70.9 Å². The summed E-state index contributed by atoms with van der Waals surface area (Å²) in [4.78, 5) is 28.4. The van der Waals surface area contributed by atoms with Gasteiger partial charge in [0.25, 0.3) is 5.91 Å². The fraction of sp³-hybridized carbons (Fsp3) is 0.355. The van der Waals surface area contributed by atoms with Crippen LogP contribution in [0.3, 0.4) is 0 Å². The predicted molar refractivity (Wildman–Crippen MR) is 164 cm³/mol. The van der Waals surface area contributed by atoms with Crippen LogP contribution in [0.1, 0.15) is 23.7 Å². The maximum Gasteiger partial charge on any atom is 0.255 e. The van der Waals surface area contributed by atoms with Crippen LogP contribution in [0.15, 0.2) is 48.9 Å². The van der Waals surface area contributed by atoms with Crippen molar-refractivity contribution in [2.45, 2.75) is 19.4 Å². The zero-order valence-electron chi connectivity index (χ0n) is 24.7. The number of carbonyl (C=O) groups excluding carboxylic acids is 1. The van der Waals surface area contributed by atoms with Gasteiger partial charge in [0.1, 0.15) is 6.07 Å². The van der Waals surface area contributed by atoms with Crippen molar-refractivity contribution in [3.05, 3.63) is 71.1 Å². The molecule has 230 valence electrons.